The predicted octanol–water partition coefficient (Wildman–Crippen LogP) is 1.82. The molecule has 1 aliphatic rings. The monoisotopic (exact) mass is 296 g/mol. The van der Waals surface area contributed by atoms with Crippen LogP contribution in [-0.4, -0.2) is 42.0 Å². The molecule has 6 nitrogen and oxygen atoms in total. The average Bonchev–Trinajstić information content (AvgIpc) is 3.01. The van der Waals surface area contributed by atoms with E-state index in [2.05, 4.69) is 16.0 Å². The van der Waals surface area contributed by atoms with Crippen molar-refractivity contribution in [2.75, 3.05) is 31.1 Å². The van der Waals surface area contributed by atoms with E-state index >= 15 is 0 Å². The maximum absolute atomic E-state index is 12.3. The van der Waals surface area contributed by atoms with Crippen LogP contribution in [0.25, 0.3) is 0 Å². The van der Waals surface area contributed by atoms with Crippen LogP contribution in [0.1, 0.15) is 21.9 Å². The first kappa shape index (κ1) is 14.1. The summed E-state index contributed by atoms with van der Waals surface area (Å²) in [5.41, 5.74) is 0.547. The quantitative estimate of drug-likeness (QED) is 0.845. The number of hydrogen-bond acceptors (Lipinski definition) is 5. The Morgan fingerprint density at radius 1 is 1.23 bits per heavy atom. The molecule has 1 aliphatic heterocycles. The van der Waals surface area contributed by atoms with Crippen LogP contribution in [0.15, 0.2) is 34.9 Å². The number of nitrogens with zero attached hydrogens (tertiary/aromatic N) is 4. The van der Waals surface area contributed by atoms with Crippen LogP contribution < -0.4 is 4.90 Å². The minimum Gasteiger partial charge on any atom is -0.456 e. The molecule has 3 heterocycles. The topological polar surface area (TPSA) is 73.4 Å². The first-order valence-corrected chi connectivity index (χ1v) is 7.14. The number of piperazine rings is 1. The Bertz CT molecular complexity index is 706. The van der Waals surface area contributed by atoms with Crippen LogP contribution in [0.2, 0.25) is 0 Å². The van der Waals surface area contributed by atoms with E-state index in [1.165, 1.54) is 0 Å². The van der Waals surface area contributed by atoms with Gasteiger partial charge in [0.1, 0.15) is 17.6 Å². The van der Waals surface area contributed by atoms with Crippen LogP contribution in [0, 0.1) is 18.3 Å². The number of hydrogen-bond donors (Lipinski definition) is 0. The van der Waals surface area contributed by atoms with Crippen molar-refractivity contribution in [1.29, 1.82) is 5.26 Å². The number of aromatic nitrogens is 1. The number of anilines is 1. The normalized spacial score (nSPS) is 14.7. The first-order valence-electron chi connectivity index (χ1n) is 7.14. The van der Waals surface area contributed by atoms with Crippen molar-refractivity contribution in [2.24, 2.45) is 0 Å². The second-order valence-corrected chi connectivity index (χ2v) is 5.21. The summed E-state index contributed by atoms with van der Waals surface area (Å²) in [5.74, 6) is 1.90. The Morgan fingerprint density at radius 2 is 2.00 bits per heavy atom. The molecule has 22 heavy (non-hydrogen) atoms. The van der Waals surface area contributed by atoms with Crippen molar-refractivity contribution in [3.8, 4) is 6.07 Å². The third-order valence-electron chi connectivity index (χ3n) is 3.72. The van der Waals surface area contributed by atoms with Crippen LogP contribution in [0.3, 0.4) is 0 Å². The summed E-state index contributed by atoms with van der Waals surface area (Å²) in [6.45, 7) is 4.50. The molecule has 1 fully saturated rings. The van der Waals surface area contributed by atoms with Gasteiger partial charge in [0.15, 0.2) is 5.76 Å². The Kier molecular flexibility index (Phi) is 3.79. The van der Waals surface area contributed by atoms with Crippen LogP contribution >= 0.6 is 0 Å². The van der Waals surface area contributed by atoms with Crippen molar-refractivity contribution < 1.29 is 9.21 Å². The van der Waals surface area contributed by atoms with Gasteiger partial charge in [-0.25, -0.2) is 4.98 Å². The van der Waals surface area contributed by atoms with E-state index in [1.54, 1.807) is 29.3 Å². The van der Waals surface area contributed by atoms with Crippen LogP contribution in [0.5, 0.6) is 0 Å². The number of pyridine rings is 1. The van der Waals surface area contributed by atoms with E-state index in [9.17, 15) is 4.79 Å². The summed E-state index contributed by atoms with van der Waals surface area (Å²) in [4.78, 5) is 20.5. The minimum absolute atomic E-state index is 0.0689. The Morgan fingerprint density at radius 3 is 2.55 bits per heavy atom. The molecule has 6 heteroatoms. The van der Waals surface area contributed by atoms with E-state index in [0.29, 0.717) is 37.5 Å². The van der Waals surface area contributed by atoms with Gasteiger partial charge in [-0.2, -0.15) is 5.26 Å². The number of nitriles is 1. The maximum Gasteiger partial charge on any atom is 0.289 e. The molecule has 2 aromatic heterocycles. The molecule has 2 aromatic rings. The van der Waals surface area contributed by atoms with Gasteiger partial charge in [0.2, 0.25) is 0 Å². The largest absolute Gasteiger partial charge is 0.456 e. The highest BCUT2D eigenvalue weighted by Crippen LogP contribution is 2.16. The fraction of sp³-hybridized carbons (Fsp3) is 0.312. The summed E-state index contributed by atoms with van der Waals surface area (Å²) >= 11 is 0. The van der Waals surface area contributed by atoms with Gasteiger partial charge in [-0.15, -0.1) is 0 Å². The molecule has 3 rings (SSSR count). The van der Waals surface area contributed by atoms with E-state index in [1.807, 2.05) is 13.0 Å². The zero-order valence-electron chi connectivity index (χ0n) is 12.3. The number of furan rings is 1. The molecule has 0 spiro atoms. The van der Waals surface area contributed by atoms with Gasteiger partial charge < -0.3 is 14.2 Å². The standard InChI is InChI=1S/C16H16N4O2/c1-12-2-4-14(22-12)16(21)20-8-6-19(7-9-20)15-5-3-13(10-17)11-18-15/h2-5,11H,6-9H2,1H3. The fourth-order valence-electron chi connectivity index (χ4n) is 2.48. The smallest absolute Gasteiger partial charge is 0.289 e. The zero-order valence-corrected chi connectivity index (χ0v) is 12.3. The number of aryl methyl sites for hydroxylation is 1. The van der Waals surface area contributed by atoms with Crippen LogP contribution in [0.4, 0.5) is 5.82 Å². The molecule has 0 saturated carbocycles. The average molecular weight is 296 g/mol. The third kappa shape index (κ3) is 2.79. The Hall–Kier alpha value is -2.81. The second kappa shape index (κ2) is 5.90. The van der Waals surface area contributed by atoms with E-state index in [0.717, 1.165) is 11.6 Å². The molecule has 0 aromatic carbocycles. The van der Waals surface area contributed by atoms with Crippen LogP contribution in [-0.2, 0) is 0 Å². The second-order valence-electron chi connectivity index (χ2n) is 5.21. The molecule has 1 saturated heterocycles. The van der Waals surface area contributed by atoms with Gasteiger partial charge in [-0.3, -0.25) is 4.79 Å². The highest BCUT2D eigenvalue weighted by molar-refractivity contribution is 5.91. The highest BCUT2D eigenvalue weighted by atomic mass is 16.3. The predicted molar refractivity (Wildman–Crippen MR) is 80.5 cm³/mol. The lowest BCUT2D eigenvalue weighted by Gasteiger charge is -2.35. The molecular formula is C16H16N4O2. The molecule has 1 amide bonds. The lowest BCUT2D eigenvalue weighted by molar-refractivity contribution is 0.0713. The summed E-state index contributed by atoms with van der Waals surface area (Å²) in [6.07, 6.45) is 1.57. The molecule has 0 N–H and O–H groups in total. The van der Waals surface area contributed by atoms with Gasteiger partial charge >= 0.3 is 0 Å². The van der Waals surface area contributed by atoms with Crippen molar-refractivity contribution in [2.45, 2.75) is 6.92 Å². The SMILES string of the molecule is Cc1ccc(C(=O)N2CCN(c3ccc(C#N)cn3)CC2)o1. The van der Waals surface area contributed by atoms with Gasteiger partial charge in [0.25, 0.3) is 5.91 Å². The van der Waals surface area contributed by atoms with Crippen molar-refractivity contribution in [3.05, 3.63) is 47.5 Å². The summed E-state index contributed by atoms with van der Waals surface area (Å²) in [7, 11) is 0. The number of rotatable bonds is 2. The fourth-order valence-corrected chi connectivity index (χ4v) is 2.48. The van der Waals surface area contributed by atoms with Gasteiger partial charge in [-0.05, 0) is 31.2 Å². The summed E-state index contributed by atoms with van der Waals surface area (Å²) in [5, 5.41) is 8.79. The van der Waals surface area contributed by atoms with Crippen molar-refractivity contribution in [3.63, 3.8) is 0 Å². The molecule has 0 radical (unpaired) electrons. The number of carbonyl (C=O) groups excluding carboxylic acids is 1. The lowest BCUT2D eigenvalue weighted by atomic mass is 10.2. The lowest BCUT2D eigenvalue weighted by Crippen LogP contribution is -2.49. The molecule has 0 unspecified atom stereocenters. The first-order chi connectivity index (χ1) is 10.7. The molecule has 0 bridgehead atoms. The van der Waals surface area contributed by atoms with E-state index in [-0.39, 0.29) is 5.91 Å². The van der Waals surface area contributed by atoms with Gasteiger partial charge in [-0.1, -0.05) is 0 Å². The molecule has 112 valence electrons. The van der Waals surface area contributed by atoms with Gasteiger partial charge in [0, 0.05) is 32.4 Å². The number of carbonyl (C=O) groups is 1. The zero-order chi connectivity index (χ0) is 15.5. The van der Waals surface area contributed by atoms with Gasteiger partial charge in [0.05, 0.1) is 5.56 Å². The molecule has 0 aliphatic carbocycles. The van der Waals surface area contributed by atoms with E-state index in [4.69, 9.17) is 9.68 Å². The highest BCUT2D eigenvalue weighted by Gasteiger charge is 2.24. The Balaban J connectivity index is 1.62. The van der Waals surface area contributed by atoms with Crippen molar-refractivity contribution >= 4 is 11.7 Å². The maximum atomic E-state index is 12.3. The number of amides is 1. The summed E-state index contributed by atoms with van der Waals surface area (Å²) < 4.78 is 5.39. The third-order valence-corrected chi connectivity index (χ3v) is 3.72. The van der Waals surface area contributed by atoms with Crippen molar-refractivity contribution in [1.82, 2.24) is 9.88 Å². The Labute approximate surface area is 128 Å². The summed E-state index contributed by atoms with van der Waals surface area (Å²) in [6, 6.07) is 9.16. The molecule has 0 atom stereocenters. The molecular weight excluding hydrogens is 280 g/mol. The van der Waals surface area contributed by atoms with E-state index < -0.39 is 0 Å². The minimum atomic E-state index is -0.0689.